The molecule has 0 saturated heterocycles. The smallest absolute Gasteiger partial charge is 0.0897 e. The van der Waals surface area contributed by atoms with E-state index in [0.717, 1.165) is 13.0 Å². The number of rotatable bonds is 6. The molecule has 1 N–H and O–H groups in total. The van der Waals surface area contributed by atoms with Gasteiger partial charge in [-0.25, -0.2) is 4.98 Å². The van der Waals surface area contributed by atoms with Crippen molar-refractivity contribution in [3.8, 4) is 0 Å². The minimum absolute atomic E-state index is 0.313. The lowest BCUT2D eigenvalue weighted by atomic mass is 9.84. The molecule has 19 heavy (non-hydrogen) atoms. The van der Waals surface area contributed by atoms with E-state index < -0.39 is 0 Å². The van der Waals surface area contributed by atoms with Crippen LogP contribution in [0.3, 0.4) is 0 Å². The Bertz CT molecular complexity index is 394. The number of thiazole rings is 1. The van der Waals surface area contributed by atoms with E-state index in [1.165, 1.54) is 36.4 Å². The van der Waals surface area contributed by atoms with Crippen LogP contribution in [0.2, 0.25) is 0 Å². The van der Waals surface area contributed by atoms with Crippen LogP contribution in [0.15, 0.2) is 5.38 Å². The van der Waals surface area contributed by atoms with E-state index in [-0.39, 0.29) is 0 Å². The molecule has 1 aliphatic rings. The lowest BCUT2D eigenvalue weighted by molar-refractivity contribution is 0.105. The van der Waals surface area contributed by atoms with Crippen molar-refractivity contribution in [3.63, 3.8) is 0 Å². The third-order valence-corrected chi connectivity index (χ3v) is 5.36. The van der Waals surface area contributed by atoms with Crippen LogP contribution in [0.4, 0.5) is 0 Å². The van der Waals surface area contributed by atoms with Crippen molar-refractivity contribution in [1.29, 1.82) is 0 Å². The van der Waals surface area contributed by atoms with Crippen molar-refractivity contribution in [2.24, 2.45) is 0 Å². The Hall–Kier alpha value is -0.450. The second kappa shape index (κ2) is 6.33. The van der Waals surface area contributed by atoms with E-state index in [4.69, 9.17) is 0 Å². The number of aryl methyl sites for hydroxylation is 1. The van der Waals surface area contributed by atoms with Gasteiger partial charge in [-0.05, 0) is 40.4 Å². The largest absolute Gasteiger partial charge is 0.312 e. The minimum atomic E-state index is 0.313. The van der Waals surface area contributed by atoms with Crippen LogP contribution in [-0.2, 0) is 6.42 Å². The average Bonchev–Trinajstić information content (AvgIpc) is 2.98. The van der Waals surface area contributed by atoms with Gasteiger partial charge in [-0.3, -0.25) is 0 Å². The van der Waals surface area contributed by atoms with Crippen molar-refractivity contribution in [2.75, 3.05) is 20.6 Å². The molecule has 1 saturated carbocycles. The first-order chi connectivity index (χ1) is 9.08. The summed E-state index contributed by atoms with van der Waals surface area (Å²) in [6.45, 7) is 5.33. The summed E-state index contributed by atoms with van der Waals surface area (Å²) < 4.78 is 0. The molecule has 1 atom stereocenters. The summed E-state index contributed by atoms with van der Waals surface area (Å²) >= 11 is 1.76. The van der Waals surface area contributed by atoms with Crippen LogP contribution in [0, 0.1) is 6.92 Å². The van der Waals surface area contributed by atoms with E-state index >= 15 is 0 Å². The quantitative estimate of drug-likeness (QED) is 0.869. The highest BCUT2D eigenvalue weighted by Crippen LogP contribution is 2.37. The Labute approximate surface area is 121 Å². The summed E-state index contributed by atoms with van der Waals surface area (Å²) in [6, 6.07) is 0.511. The van der Waals surface area contributed by atoms with E-state index in [1.54, 1.807) is 11.3 Å². The topological polar surface area (TPSA) is 28.2 Å². The molecule has 0 radical (unpaired) electrons. The first-order valence-corrected chi connectivity index (χ1v) is 8.28. The molecule has 1 fully saturated rings. The predicted octanol–water partition coefficient (Wildman–Crippen LogP) is 2.85. The zero-order chi connectivity index (χ0) is 13.9. The summed E-state index contributed by atoms with van der Waals surface area (Å²) in [5.41, 5.74) is 1.56. The van der Waals surface area contributed by atoms with Gasteiger partial charge < -0.3 is 10.2 Å². The van der Waals surface area contributed by atoms with Crippen molar-refractivity contribution < 1.29 is 0 Å². The number of likely N-dealkylation sites (N-methyl/N-ethyl adjacent to an activating group) is 2. The normalized spacial score (nSPS) is 20.1. The zero-order valence-corrected chi connectivity index (χ0v) is 13.5. The SMILES string of the molecule is CCNC(Cc1csc(C)n1)C1(N(C)C)CCCC1. The number of nitrogens with zero attached hydrogens (tertiary/aromatic N) is 2. The van der Waals surface area contributed by atoms with Crippen molar-refractivity contribution in [3.05, 3.63) is 16.1 Å². The second-order valence-electron chi connectivity index (χ2n) is 5.88. The van der Waals surface area contributed by atoms with Crippen LogP contribution in [0.5, 0.6) is 0 Å². The molecule has 1 unspecified atom stereocenters. The van der Waals surface area contributed by atoms with E-state index in [0.29, 0.717) is 11.6 Å². The maximum Gasteiger partial charge on any atom is 0.0897 e. The molecular weight excluding hydrogens is 254 g/mol. The Morgan fingerprint density at radius 1 is 1.42 bits per heavy atom. The Morgan fingerprint density at radius 3 is 2.58 bits per heavy atom. The lowest BCUT2D eigenvalue weighted by Gasteiger charge is -2.43. The number of hydrogen-bond donors (Lipinski definition) is 1. The van der Waals surface area contributed by atoms with Crippen LogP contribution < -0.4 is 5.32 Å². The Balaban J connectivity index is 2.18. The van der Waals surface area contributed by atoms with Gasteiger partial charge in [0, 0.05) is 23.4 Å². The van der Waals surface area contributed by atoms with Gasteiger partial charge in [0.1, 0.15) is 0 Å². The standard InChI is InChI=1S/C15H27N3S/c1-5-16-14(10-13-11-19-12(2)17-13)15(18(3)4)8-6-7-9-15/h11,14,16H,5-10H2,1-4H3. The number of hydrogen-bond acceptors (Lipinski definition) is 4. The van der Waals surface area contributed by atoms with Gasteiger partial charge in [0.15, 0.2) is 0 Å². The van der Waals surface area contributed by atoms with Gasteiger partial charge in [-0.1, -0.05) is 19.8 Å². The van der Waals surface area contributed by atoms with Crippen LogP contribution in [0.25, 0.3) is 0 Å². The molecule has 0 spiro atoms. The molecule has 1 aromatic heterocycles. The second-order valence-corrected chi connectivity index (χ2v) is 6.94. The van der Waals surface area contributed by atoms with Gasteiger partial charge in [-0.15, -0.1) is 11.3 Å². The highest BCUT2D eigenvalue weighted by Gasteiger charge is 2.42. The minimum Gasteiger partial charge on any atom is -0.312 e. The predicted molar refractivity (Wildman–Crippen MR) is 82.9 cm³/mol. The third-order valence-electron chi connectivity index (χ3n) is 4.54. The van der Waals surface area contributed by atoms with Gasteiger partial charge in [0.2, 0.25) is 0 Å². The summed E-state index contributed by atoms with van der Waals surface area (Å²) in [5.74, 6) is 0. The van der Waals surface area contributed by atoms with Gasteiger partial charge in [-0.2, -0.15) is 0 Å². The van der Waals surface area contributed by atoms with Crippen LogP contribution in [0.1, 0.15) is 43.3 Å². The lowest BCUT2D eigenvalue weighted by Crippen LogP contribution is -2.58. The van der Waals surface area contributed by atoms with E-state index in [2.05, 4.69) is 48.5 Å². The van der Waals surface area contributed by atoms with Crippen LogP contribution in [-0.4, -0.2) is 42.1 Å². The van der Waals surface area contributed by atoms with E-state index in [1.807, 2.05) is 0 Å². The maximum atomic E-state index is 4.65. The summed E-state index contributed by atoms with van der Waals surface area (Å²) in [5, 5.41) is 7.12. The Morgan fingerprint density at radius 2 is 2.11 bits per heavy atom. The van der Waals surface area contributed by atoms with Gasteiger partial charge >= 0.3 is 0 Å². The van der Waals surface area contributed by atoms with Crippen molar-refractivity contribution in [1.82, 2.24) is 15.2 Å². The maximum absolute atomic E-state index is 4.65. The first kappa shape index (κ1) is 14.9. The molecule has 108 valence electrons. The highest BCUT2D eigenvalue weighted by atomic mass is 32.1. The van der Waals surface area contributed by atoms with Crippen molar-refractivity contribution in [2.45, 2.75) is 57.5 Å². The molecule has 0 aliphatic heterocycles. The zero-order valence-electron chi connectivity index (χ0n) is 12.7. The molecule has 1 aliphatic carbocycles. The monoisotopic (exact) mass is 281 g/mol. The molecule has 0 amide bonds. The highest BCUT2D eigenvalue weighted by molar-refractivity contribution is 7.09. The first-order valence-electron chi connectivity index (χ1n) is 7.40. The molecule has 4 heteroatoms. The number of aromatic nitrogens is 1. The van der Waals surface area contributed by atoms with E-state index in [9.17, 15) is 0 Å². The molecular formula is C15H27N3S. The fraction of sp³-hybridized carbons (Fsp3) is 0.800. The van der Waals surface area contributed by atoms with Gasteiger partial charge in [0.25, 0.3) is 0 Å². The number of nitrogens with one attached hydrogen (secondary N) is 1. The molecule has 1 heterocycles. The molecule has 0 aromatic carbocycles. The van der Waals surface area contributed by atoms with Gasteiger partial charge in [0.05, 0.1) is 10.7 Å². The summed E-state index contributed by atoms with van der Waals surface area (Å²) in [4.78, 5) is 7.11. The molecule has 1 aromatic rings. The fourth-order valence-corrected chi connectivity index (χ4v) is 4.13. The molecule has 3 nitrogen and oxygen atoms in total. The Kier molecular flexibility index (Phi) is 4.98. The van der Waals surface area contributed by atoms with Crippen LogP contribution >= 0.6 is 11.3 Å². The van der Waals surface area contributed by atoms with Crippen molar-refractivity contribution >= 4 is 11.3 Å². The average molecular weight is 281 g/mol. The summed E-state index contributed by atoms with van der Waals surface area (Å²) in [7, 11) is 4.48. The molecule has 0 bridgehead atoms. The molecule has 2 rings (SSSR count). The summed E-state index contributed by atoms with van der Waals surface area (Å²) in [6.07, 6.45) is 6.38. The third kappa shape index (κ3) is 3.18. The fourth-order valence-electron chi connectivity index (χ4n) is 3.50.